The Hall–Kier alpha value is -1.60. The summed E-state index contributed by atoms with van der Waals surface area (Å²) in [6.45, 7) is 4.74. The predicted molar refractivity (Wildman–Crippen MR) is 78.7 cm³/mol. The van der Waals surface area contributed by atoms with E-state index in [1.165, 1.54) is 12.1 Å². The normalized spacial score (nSPS) is 18.8. The Bertz CT molecular complexity index is 642. The van der Waals surface area contributed by atoms with Gasteiger partial charge in [0.15, 0.2) is 0 Å². The van der Waals surface area contributed by atoms with Crippen LogP contribution in [0.25, 0.3) is 0 Å². The molecule has 1 amide bonds. The van der Waals surface area contributed by atoms with Gasteiger partial charge in [-0.3, -0.25) is 4.79 Å². The molecule has 1 unspecified atom stereocenters. The Balaban J connectivity index is 2.40. The maximum absolute atomic E-state index is 12.5. The van der Waals surface area contributed by atoms with E-state index < -0.39 is 10.0 Å². The molecule has 1 aliphatic rings. The largest absolute Gasteiger partial charge is 0.492 e. The molecule has 0 aliphatic carbocycles. The Labute approximate surface area is 124 Å². The summed E-state index contributed by atoms with van der Waals surface area (Å²) >= 11 is 0. The third kappa shape index (κ3) is 3.36. The first-order valence-electron chi connectivity index (χ1n) is 6.95. The van der Waals surface area contributed by atoms with Crippen LogP contribution in [0.2, 0.25) is 0 Å². The first-order valence-corrected chi connectivity index (χ1v) is 8.50. The highest BCUT2D eigenvalue weighted by molar-refractivity contribution is 7.89. The van der Waals surface area contributed by atoms with Gasteiger partial charge in [0.05, 0.1) is 6.61 Å². The first-order chi connectivity index (χ1) is 9.84. The van der Waals surface area contributed by atoms with Crippen LogP contribution in [0.1, 0.15) is 37.0 Å². The molecule has 1 aromatic rings. The average Bonchev–Trinajstić information content (AvgIpc) is 2.84. The second-order valence-corrected chi connectivity index (χ2v) is 6.66. The van der Waals surface area contributed by atoms with Crippen LogP contribution >= 0.6 is 0 Å². The van der Waals surface area contributed by atoms with Gasteiger partial charge in [-0.15, -0.1) is 0 Å². The molecule has 0 aromatic heterocycles. The average molecular weight is 312 g/mol. The van der Waals surface area contributed by atoms with Crippen LogP contribution in [0.3, 0.4) is 0 Å². The van der Waals surface area contributed by atoms with Crippen molar-refractivity contribution >= 4 is 15.9 Å². The number of amides is 1. The van der Waals surface area contributed by atoms with Crippen molar-refractivity contribution in [3.63, 3.8) is 0 Å². The van der Waals surface area contributed by atoms with E-state index in [4.69, 9.17) is 9.88 Å². The van der Waals surface area contributed by atoms with Gasteiger partial charge in [-0.25, -0.2) is 13.6 Å². The summed E-state index contributed by atoms with van der Waals surface area (Å²) in [7, 11) is -3.94. The van der Waals surface area contributed by atoms with Crippen molar-refractivity contribution in [1.82, 2.24) is 4.90 Å². The minimum absolute atomic E-state index is 0.151. The molecule has 1 heterocycles. The molecule has 1 fully saturated rings. The van der Waals surface area contributed by atoms with Gasteiger partial charge in [-0.05, 0) is 44.9 Å². The number of hydrogen-bond donors (Lipinski definition) is 1. The minimum Gasteiger partial charge on any atom is -0.492 e. The summed E-state index contributed by atoms with van der Waals surface area (Å²) in [6.07, 6.45) is 1.93. The monoisotopic (exact) mass is 312 g/mol. The van der Waals surface area contributed by atoms with Gasteiger partial charge in [0.1, 0.15) is 10.6 Å². The zero-order chi connectivity index (χ0) is 15.6. The van der Waals surface area contributed by atoms with E-state index >= 15 is 0 Å². The number of hydrogen-bond acceptors (Lipinski definition) is 4. The van der Waals surface area contributed by atoms with E-state index in [0.29, 0.717) is 18.7 Å². The highest BCUT2D eigenvalue weighted by Gasteiger charge is 2.27. The summed E-state index contributed by atoms with van der Waals surface area (Å²) in [5.41, 5.74) is 0.316. The number of nitrogens with two attached hydrogens (primary N) is 1. The van der Waals surface area contributed by atoms with Gasteiger partial charge >= 0.3 is 0 Å². The van der Waals surface area contributed by atoms with Crippen molar-refractivity contribution in [2.75, 3.05) is 13.2 Å². The molecule has 2 rings (SSSR count). The summed E-state index contributed by atoms with van der Waals surface area (Å²) in [5.74, 6) is -0.000955. The topological polar surface area (TPSA) is 89.7 Å². The molecule has 6 nitrogen and oxygen atoms in total. The lowest BCUT2D eigenvalue weighted by Crippen LogP contribution is -2.33. The fraction of sp³-hybridized carbons (Fsp3) is 0.500. The van der Waals surface area contributed by atoms with Gasteiger partial charge in [-0.1, -0.05) is 0 Å². The Kier molecular flexibility index (Phi) is 4.53. The van der Waals surface area contributed by atoms with Crippen molar-refractivity contribution in [1.29, 1.82) is 0 Å². The molecule has 0 spiro atoms. The number of carbonyl (C=O) groups excluding carboxylic acids is 1. The number of likely N-dealkylation sites (tertiary alicyclic amines) is 1. The van der Waals surface area contributed by atoms with E-state index in [-0.39, 0.29) is 22.6 Å². The number of benzene rings is 1. The Morgan fingerprint density at radius 3 is 2.71 bits per heavy atom. The number of primary sulfonamides is 1. The Morgan fingerprint density at radius 1 is 1.48 bits per heavy atom. The van der Waals surface area contributed by atoms with E-state index in [1.54, 1.807) is 17.9 Å². The molecular formula is C14H20N2O4S. The summed E-state index contributed by atoms with van der Waals surface area (Å²) in [6, 6.07) is 4.53. The van der Waals surface area contributed by atoms with E-state index in [0.717, 1.165) is 12.8 Å². The molecule has 1 aromatic carbocycles. The molecule has 116 valence electrons. The maximum Gasteiger partial charge on any atom is 0.254 e. The smallest absolute Gasteiger partial charge is 0.254 e. The third-order valence-electron chi connectivity index (χ3n) is 3.61. The summed E-state index contributed by atoms with van der Waals surface area (Å²) in [4.78, 5) is 14.1. The van der Waals surface area contributed by atoms with Crippen LogP contribution in [-0.2, 0) is 10.0 Å². The maximum atomic E-state index is 12.5. The zero-order valence-electron chi connectivity index (χ0n) is 12.2. The lowest BCUT2D eigenvalue weighted by Gasteiger charge is -2.22. The number of nitrogens with zero attached hydrogens (tertiary/aromatic N) is 1. The van der Waals surface area contributed by atoms with Crippen LogP contribution < -0.4 is 9.88 Å². The first kappa shape index (κ1) is 15.8. The number of ether oxygens (including phenoxy) is 1. The summed E-state index contributed by atoms with van der Waals surface area (Å²) < 4.78 is 28.6. The van der Waals surface area contributed by atoms with Gasteiger partial charge < -0.3 is 9.64 Å². The van der Waals surface area contributed by atoms with Gasteiger partial charge in [0.2, 0.25) is 10.0 Å². The number of rotatable bonds is 4. The molecule has 0 saturated carbocycles. The zero-order valence-corrected chi connectivity index (χ0v) is 13.0. The highest BCUT2D eigenvalue weighted by Crippen LogP contribution is 2.26. The van der Waals surface area contributed by atoms with Crippen molar-refractivity contribution in [3.8, 4) is 5.75 Å². The van der Waals surface area contributed by atoms with Crippen molar-refractivity contribution < 1.29 is 17.9 Å². The molecule has 1 aliphatic heterocycles. The number of carbonyl (C=O) groups is 1. The van der Waals surface area contributed by atoms with Crippen molar-refractivity contribution in [2.45, 2.75) is 37.6 Å². The molecule has 1 saturated heterocycles. The fourth-order valence-electron chi connectivity index (χ4n) is 2.54. The quantitative estimate of drug-likeness (QED) is 0.909. The molecular weight excluding hydrogens is 292 g/mol. The predicted octanol–water partition coefficient (Wildman–Crippen LogP) is 1.36. The molecule has 1 atom stereocenters. The molecule has 0 radical (unpaired) electrons. The Morgan fingerprint density at radius 2 is 2.19 bits per heavy atom. The lowest BCUT2D eigenvalue weighted by atomic mass is 10.1. The third-order valence-corrected chi connectivity index (χ3v) is 4.54. The van der Waals surface area contributed by atoms with Crippen molar-refractivity contribution in [3.05, 3.63) is 23.8 Å². The molecule has 2 N–H and O–H groups in total. The van der Waals surface area contributed by atoms with E-state index in [1.807, 2.05) is 6.92 Å². The van der Waals surface area contributed by atoms with Crippen LogP contribution in [0.15, 0.2) is 23.1 Å². The highest BCUT2D eigenvalue weighted by atomic mass is 32.2. The molecule has 7 heteroatoms. The molecule has 0 bridgehead atoms. The minimum atomic E-state index is -3.94. The van der Waals surface area contributed by atoms with E-state index in [2.05, 4.69) is 0 Å². The standard InChI is InChI=1S/C14H20N2O4S/c1-3-20-12-7-6-11(9-13(12)21(15,18)19)14(17)16-8-4-5-10(16)2/h6-7,9-10H,3-5,8H2,1-2H3,(H2,15,18,19). The second-order valence-electron chi connectivity index (χ2n) is 5.13. The SMILES string of the molecule is CCOc1ccc(C(=O)N2CCCC2C)cc1S(N)(=O)=O. The molecule has 21 heavy (non-hydrogen) atoms. The van der Waals surface area contributed by atoms with Crippen LogP contribution in [0.5, 0.6) is 5.75 Å². The van der Waals surface area contributed by atoms with Gasteiger partial charge in [0, 0.05) is 18.2 Å². The van der Waals surface area contributed by atoms with Gasteiger partial charge in [-0.2, -0.15) is 0 Å². The van der Waals surface area contributed by atoms with Crippen LogP contribution in [-0.4, -0.2) is 38.4 Å². The fourth-order valence-corrected chi connectivity index (χ4v) is 3.24. The van der Waals surface area contributed by atoms with Gasteiger partial charge in [0.25, 0.3) is 5.91 Å². The lowest BCUT2D eigenvalue weighted by molar-refractivity contribution is 0.0747. The van der Waals surface area contributed by atoms with Crippen molar-refractivity contribution in [2.24, 2.45) is 5.14 Å². The number of sulfonamides is 1. The van der Waals surface area contributed by atoms with Crippen LogP contribution in [0.4, 0.5) is 0 Å². The van der Waals surface area contributed by atoms with E-state index in [9.17, 15) is 13.2 Å². The van der Waals surface area contributed by atoms with Crippen LogP contribution in [0, 0.1) is 0 Å². The summed E-state index contributed by atoms with van der Waals surface area (Å²) in [5, 5.41) is 5.20. The second kappa shape index (κ2) is 6.03.